The second-order valence-electron chi connectivity index (χ2n) is 10.8. The van der Waals surface area contributed by atoms with E-state index in [-0.39, 0.29) is 23.5 Å². The standard InChI is InChI=1S/C30H34ClNO5/c1-17-15-24(26-18(2)19(3)29(34)37-25(26)16-17)36-20(4)28(33)32-14-13-30(35)12-6-5-7-23(30)27(32)21-8-10-22(31)11-9-21/h8-11,15-16,20,23,27,35H,5-7,12-14H2,1-4H3/t20-,23+,27+,30-/m1/s1. The fraction of sp³-hybridized carbons (Fsp3) is 0.467. The number of aryl methyl sites for hydroxylation is 2. The van der Waals surface area contributed by atoms with Crippen LogP contribution in [0.4, 0.5) is 0 Å². The zero-order valence-corrected chi connectivity index (χ0v) is 22.6. The number of hydrogen-bond acceptors (Lipinski definition) is 5. The van der Waals surface area contributed by atoms with Gasteiger partial charge in [-0.1, -0.05) is 36.6 Å². The first kappa shape index (κ1) is 25.8. The summed E-state index contributed by atoms with van der Waals surface area (Å²) in [7, 11) is 0. The summed E-state index contributed by atoms with van der Waals surface area (Å²) in [6.07, 6.45) is 3.43. The Morgan fingerprint density at radius 3 is 2.59 bits per heavy atom. The van der Waals surface area contributed by atoms with E-state index in [4.69, 9.17) is 20.8 Å². The van der Waals surface area contributed by atoms with Crippen LogP contribution >= 0.6 is 11.6 Å². The Balaban J connectivity index is 1.50. The van der Waals surface area contributed by atoms with E-state index in [1.165, 1.54) is 0 Å². The van der Waals surface area contributed by atoms with Crippen LogP contribution in [0.15, 0.2) is 45.6 Å². The fourth-order valence-electron chi connectivity index (χ4n) is 6.26. The molecule has 2 aromatic carbocycles. The molecule has 1 aliphatic carbocycles. The Bertz CT molecular complexity index is 1400. The summed E-state index contributed by atoms with van der Waals surface area (Å²) in [5, 5.41) is 12.9. The van der Waals surface area contributed by atoms with Gasteiger partial charge in [0.15, 0.2) is 6.10 Å². The van der Waals surface area contributed by atoms with Crippen molar-refractivity contribution in [3.05, 3.63) is 74.1 Å². The van der Waals surface area contributed by atoms with E-state index < -0.39 is 11.7 Å². The number of carbonyl (C=O) groups is 1. The van der Waals surface area contributed by atoms with Gasteiger partial charge in [-0.3, -0.25) is 4.79 Å². The number of hydrogen-bond donors (Lipinski definition) is 1. The van der Waals surface area contributed by atoms with Gasteiger partial charge in [-0.05, 0) is 87.9 Å². The first-order valence-electron chi connectivity index (χ1n) is 13.1. The summed E-state index contributed by atoms with van der Waals surface area (Å²) < 4.78 is 11.9. The summed E-state index contributed by atoms with van der Waals surface area (Å²) >= 11 is 6.17. The molecule has 2 aliphatic rings. The number of aliphatic hydroxyl groups is 1. The number of piperidine rings is 1. The van der Waals surface area contributed by atoms with Crippen molar-refractivity contribution in [2.24, 2.45) is 5.92 Å². The lowest BCUT2D eigenvalue weighted by atomic mass is 9.66. The van der Waals surface area contributed by atoms with E-state index in [1.807, 2.05) is 55.1 Å². The summed E-state index contributed by atoms with van der Waals surface area (Å²) in [5.74, 6) is 0.342. The van der Waals surface area contributed by atoms with E-state index in [9.17, 15) is 14.7 Å². The van der Waals surface area contributed by atoms with E-state index in [0.29, 0.717) is 40.3 Å². The van der Waals surface area contributed by atoms with Gasteiger partial charge in [-0.2, -0.15) is 0 Å². The molecule has 7 heteroatoms. The summed E-state index contributed by atoms with van der Waals surface area (Å²) in [6.45, 7) is 7.72. The fourth-order valence-corrected chi connectivity index (χ4v) is 6.38. The number of carbonyl (C=O) groups excluding carboxylic acids is 1. The molecular formula is C30H34ClNO5. The molecule has 196 valence electrons. The van der Waals surface area contributed by atoms with Crippen molar-refractivity contribution in [1.82, 2.24) is 4.90 Å². The largest absolute Gasteiger partial charge is 0.480 e. The van der Waals surface area contributed by atoms with E-state index in [1.54, 1.807) is 13.8 Å². The number of rotatable bonds is 4. The highest BCUT2D eigenvalue weighted by atomic mass is 35.5. The summed E-state index contributed by atoms with van der Waals surface area (Å²) in [5.41, 5.74) is 2.46. The molecule has 0 bridgehead atoms. The first-order valence-corrected chi connectivity index (χ1v) is 13.5. The third-order valence-electron chi connectivity index (χ3n) is 8.37. The maximum Gasteiger partial charge on any atom is 0.339 e. The molecule has 5 rings (SSSR count). The molecule has 2 fully saturated rings. The van der Waals surface area contributed by atoms with Gasteiger partial charge in [0.25, 0.3) is 5.91 Å². The Morgan fingerprint density at radius 1 is 1.14 bits per heavy atom. The van der Waals surface area contributed by atoms with Gasteiger partial charge >= 0.3 is 5.63 Å². The molecule has 1 N–H and O–H groups in total. The van der Waals surface area contributed by atoms with Crippen molar-refractivity contribution in [2.75, 3.05) is 6.54 Å². The summed E-state index contributed by atoms with van der Waals surface area (Å²) in [6, 6.07) is 11.0. The molecule has 0 spiro atoms. The molecule has 0 unspecified atom stereocenters. The van der Waals surface area contributed by atoms with Crippen molar-refractivity contribution in [3.63, 3.8) is 0 Å². The monoisotopic (exact) mass is 523 g/mol. The average molecular weight is 524 g/mol. The number of amides is 1. The first-order chi connectivity index (χ1) is 17.6. The van der Waals surface area contributed by atoms with Gasteiger partial charge in [0.2, 0.25) is 0 Å². The van der Waals surface area contributed by atoms with Crippen molar-refractivity contribution < 1.29 is 19.1 Å². The van der Waals surface area contributed by atoms with Crippen molar-refractivity contribution >= 4 is 28.5 Å². The van der Waals surface area contributed by atoms with E-state index >= 15 is 0 Å². The second kappa shape index (κ2) is 9.80. The van der Waals surface area contributed by atoms with Crippen LogP contribution in [0, 0.1) is 26.7 Å². The highest BCUT2D eigenvalue weighted by Gasteiger charge is 2.50. The maximum absolute atomic E-state index is 14.0. The van der Waals surface area contributed by atoms with Crippen LogP contribution in [0.1, 0.15) is 67.3 Å². The molecule has 1 saturated carbocycles. The molecule has 0 radical (unpaired) electrons. The smallest absolute Gasteiger partial charge is 0.339 e. The highest BCUT2D eigenvalue weighted by molar-refractivity contribution is 6.30. The number of ether oxygens (including phenoxy) is 1. The lowest BCUT2D eigenvalue weighted by molar-refractivity contribution is -0.161. The van der Waals surface area contributed by atoms with E-state index in [0.717, 1.165) is 42.4 Å². The van der Waals surface area contributed by atoms with Crippen LogP contribution in [0.25, 0.3) is 11.0 Å². The van der Waals surface area contributed by atoms with Gasteiger partial charge < -0.3 is 19.2 Å². The van der Waals surface area contributed by atoms with Crippen LogP contribution < -0.4 is 10.4 Å². The molecule has 1 aliphatic heterocycles. The number of halogens is 1. The van der Waals surface area contributed by atoms with Crippen molar-refractivity contribution in [2.45, 2.75) is 77.5 Å². The van der Waals surface area contributed by atoms with Crippen LogP contribution in [-0.2, 0) is 4.79 Å². The molecule has 6 nitrogen and oxygen atoms in total. The van der Waals surface area contributed by atoms with Crippen LogP contribution in [0.3, 0.4) is 0 Å². The quantitative estimate of drug-likeness (QED) is 0.422. The zero-order chi connectivity index (χ0) is 26.5. The normalized spacial score (nSPS) is 24.5. The van der Waals surface area contributed by atoms with Crippen LogP contribution in [0.5, 0.6) is 5.75 Å². The molecule has 1 aromatic heterocycles. The highest BCUT2D eigenvalue weighted by Crippen LogP contribution is 2.49. The predicted molar refractivity (Wildman–Crippen MR) is 144 cm³/mol. The zero-order valence-electron chi connectivity index (χ0n) is 21.8. The third-order valence-corrected chi connectivity index (χ3v) is 8.62. The average Bonchev–Trinajstić information content (AvgIpc) is 2.86. The van der Waals surface area contributed by atoms with Gasteiger partial charge in [0, 0.05) is 23.0 Å². The number of likely N-dealkylation sites (tertiary alicyclic amines) is 1. The van der Waals surface area contributed by atoms with Gasteiger partial charge in [0.05, 0.1) is 17.0 Å². The minimum Gasteiger partial charge on any atom is -0.480 e. The number of benzene rings is 2. The third kappa shape index (κ3) is 4.66. The van der Waals surface area contributed by atoms with Crippen molar-refractivity contribution in [3.8, 4) is 5.75 Å². The minimum absolute atomic E-state index is 0.0497. The van der Waals surface area contributed by atoms with Gasteiger partial charge in [0.1, 0.15) is 11.3 Å². The summed E-state index contributed by atoms with van der Waals surface area (Å²) in [4.78, 5) is 28.1. The molecular weight excluding hydrogens is 490 g/mol. The molecule has 3 aromatic rings. The SMILES string of the molecule is Cc1cc(O[C@H](C)C(=O)N2CC[C@]3(O)CCCC[C@H]3[C@@H]2c2ccc(Cl)cc2)c2c(C)c(C)c(=O)oc2c1. The topological polar surface area (TPSA) is 80.0 Å². The van der Waals surface area contributed by atoms with Crippen molar-refractivity contribution in [1.29, 1.82) is 0 Å². The maximum atomic E-state index is 14.0. The Hall–Kier alpha value is -2.83. The van der Waals surface area contributed by atoms with Crippen LogP contribution in [0.2, 0.25) is 5.02 Å². The van der Waals surface area contributed by atoms with Gasteiger partial charge in [-0.15, -0.1) is 0 Å². The molecule has 37 heavy (non-hydrogen) atoms. The van der Waals surface area contributed by atoms with Gasteiger partial charge in [-0.25, -0.2) is 4.79 Å². The number of fused-ring (bicyclic) bond motifs is 2. The van der Waals surface area contributed by atoms with Crippen LogP contribution in [-0.4, -0.2) is 34.2 Å². The van der Waals surface area contributed by atoms with E-state index in [2.05, 4.69) is 0 Å². The lowest BCUT2D eigenvalue weighted by Crippen LogP contribution is -2.58. The Kier molecular flexibility index (Phi) is 6.84. The Morgan fingerprint density at radius 2 is 1.86 bits per heavy atom. The lowest BCUT2D eigenvalue weighted by Gasteiger charge is -2.53. The minimum atomic E-state index is -0.777. The molecule has 1 amide bonds. The predicted octanol–water partition coefficient (Wildman–Crippen LogP) is 6.03. The number of nitrogens with zero attached hydrogens (tertiary/aromatic N) is 1. The molecule has 2 heterocycles. The molecule has 1 saturated heterocycles. The Labute approximate surface area is 222 Å². The molecule has 4 atom stereocenters. The second-order valence-corrected chi connectivity index (χ2v) is 11.2.